The van der Waals surface area contributed by atoms with Gasteiger partial charge in [0, 0.05) is 6.04 Å². The molecule has 0 aromatic heterocycles. The smallest absolute Gasteiger partial charge is 0.155 e. The van der Waals surface area contributed by atoms with Gasteiger partial charge in [0.15, 0.2) is 9.84 Å². The Bertz CT molecular complexity index is 495. The Hall–Kier alpha value is -0.870. The van der Waals surface area contributed by atoms with Crippen LogP contribution >= 0.6 is 0 Å². The van der Waals surface area contributed by atoms with Gasteiger partial charge < -0.3 is 5.32 Å². The maximum absolute atomic E-state index is 12.3. The van der Waals surface area contributed by atoms with Crippen LogP contribution in [-0.4, -0.2) is 26.8 Å². The van der Waals surface area contributed by atoms with Crippen LogP contribution in [0.15, 0.2) is 24.3 Å². The molecule has 0 radical (unpaired) electrons. The van der Waals surface area contributed by atoms with Crippen molar-refractivity contribution in [2.75, 3.05) is 12.3 Å². The van der Waals surface area contributed by atoms with Crippen molar-refractivity contribution < 1.29 is 8.42 Å². The summed E-state index contributed by atoms with van der Waals surface area (Å²) in [5, 5.41) is 3.26. The first-order valence-corrected chi connectivity index (χ1v) is 8.65. The summed E-state index contributed by atoms with van der Waals surface area (Å²) in [7, 11) is -3.08. The van der Waals surface area contributed by atoms with Gasteiger partial charge >= 0.3 is 0 Å². The highest BCUT2D eigenvalue weighted by Crippen LogP contribution is 2.12. The van der Waals surface area contributed by atoms with Crippen LogP contribution in [0.3, 0.4) is 0 Å². The lowest BCUT2D eigenvalue weighted by atomic mass is 10.1. The van der Waals surface area contributed by atoms with Crippen LogP contribution in [0.25, 0.3) is 0 Å². The molecule has 1 aromatic carbocycles. The summed E-state index contributed by atoms with van der Waals surface area (Å²) in [5.41, 5.74) is 1.97. The van der Waals surface area contributed by atoms with E-state index < -0.39 is 9.84 Å². The van der Waals surface area contributed by atoms with Crippen molar-refractivity contribution in [1.29, 1.82) is 0 Å². The van der Waals surface area contributed by atoms with Gasteiger partial charge in [0.2, 0.25) is 0 Å². The first kappa shape index (κ1) is 16.2. The zero-order chi connectivity index (χ0) is 14.5. The van der Waals surface area contributed by atoms with Crippen molar-refractivity contribution in [1.82, 2.24) is 5.32 Å². The molecule has 0 heterocycles. The monoisotopic (exact) mass is 283 g/mol. The Kier molecular flexibility index (Phi) is 6.01. The number of sulfone groups is 1. The van der Waals surface area contributed by atoms with Crippen LogP contribution in [0, 0.1) is 12.8 Å². The number of hydrogen-bond donors (Lipinski definition) is 1. The first-order valence-electron chi connectivity index (χ1n) is 6.83. The summed E-state index contributed by atoms with van der Waals surface area (Å²) in [6.45, 7) is 8.88. The van der Waals surface area contributed by atoms with Crippen molar-refractivity contribution in [3.63, 3.8) is 0 Å². The summed E-state index contributed by atoms with van der Waals surface area (Å²) >= 11 is 0. The van der Waals surface area contributed by atoms with Crippen LogP contribution in [0.4, 0.5) is 0 Å². The summed E-state index contributed by atoms with van der Waals surface area (Å²) in [6.07, 6.45) is 0. The van der Waals surface area contributed by atoms with Crippen molar-refractivity contribution >= 4 is 9.84 Å². The third-order valence-corrected chi connectivity index (χ3v) is 4.81. The van der Waals surface area contributed by atoms with Crippen molar-refractivity contribution in [2.24, 2.45) is 5.92 Å². The molecule has 0 aliphatic carbocycles. The SMILES string of the molecule is CCNC(CS(=O)(=O)Cc1cccc(C)c1)C(C)C. The van der Waals surface area contributed by atoms with Crippen molar-refractivity contribution in [3.8, 4) is 0 Å². The fourth-order valence-corrected chi connectivity index (χ4v) is 3.99. The summed E-state index contributed by atoms with van der Waals surface area (Å²) in [4.78, 5) is 0. The van der Waals surface area contributed by atoms with Crippen LogP contribution in [0.2, 0.25) is 0 Å². The summed E-state index contributed by atoms with van der Waals surface area (Å²) in [6, 6.07) is 7.73. The molecule has 3 nitrogen and oxygen atoms in total. The van der Waals surface area contributed by atoms with Crippen LogP contribution in [0.5, 0.6) is 0 Å². The molecule has 0 bridgehead atoms. The van der Waals surface area contributed by atoms with E-state index >= 15 is 0 Å². The van der Waals surface area contributed by atoms with Gasteiger partial charge in [-0.15, -0.1) is 0 Å². The highest BCUT2D eigenvalue weighted by molar-refractivity contribution is 7.90. The number of aryl methyl sites for hydroxylation is 1. The van der Waals surface area contributed by atoms with E-state index in [1.807, 2.05) is 38.1 Å². The second kappa shape index (κ2) is 7.06. The molecule has 0 aliphatic heterocycles. The standard InChI is InChI=1S/C15H25NO2S/c1-5-16-15(12(2)3)11-19(17,18)10-14-8-6-7-13(4)9-14/h6-9,12,15-16H,5,10-11H2,1-4H3. The summed E-state index contributed by atoms with van der Waals surface area (Å²) < 4.78 is 24.5. The van der Waals surface area contributed by atoms with Gasteiger partial charge in [-0.2, -0.15) is 0 Å². The fraction of sp³-hybridized carbons (Fsp3) is 0.600. The third-order valence-electron chi connectivity index (χ3n) is 3.17. The van der Waals surface area contributed by atoms with E-state index in [1.165, 1.54) is 0 Å². The van der Waals surface area contributed by atoms with Gasteiger partial charge in [-0.1, -0.05) is 50.6 Å². The maximum Gasteiger partial charge on any atom is 0.155 e. The predicted octanol–water partition coefficient (Wildman–Crippen LogP) is 2.54. The molecule has 1 N–H and O–H groups in total. The molecule has 0 spiro atoms. The van der Waals surface area contributed by atoms with E-state index in [0.29, 0.717) is 5.92 Å². The minimum atomic E-state index is -3.08. The quantitative estimate of drug-likeness (QED) is 0.836. The van der Waals surface area contributed by atoms with E-state index in [2.05, 4.69) is 19.2 Å². The van der Waals surface area contributed by atoms with E-state index in [0.717, 1.165) is 17.7 Å². The molecule has 0 amide bonds. The normalized spacial score (nSPS) is 13.7. The number of nitrogens with one attached hydrogen (secondary N) is 1. The van der Waals surface area contributed by atoms with Gasteiger partial charge in [0.05, 0.1) is 11.5 Å². The molecule has 0 saturated heterocycles. The Balaban J connectivity index is 2.75. The van der Waals surface area contributed by atoms with Crippen molar-refractivity contribution in [2.45, 2.75) is 39.5 Å². The van der Waals surface area contributed by atoms with Gasteiger partial charge in [-0.25, -0.2) is 8.42 Å². The minimum absolute atomic E-state index is 0.0276. The second-order valence-electron chi connectivity index (χ2n) is 5.45. The lowest BCUT2D eigenvalue weighted by Gasteiger charge is -2.21. The first-order chi connectivity index (χ1) is 8.84. The van der Waals surface area contributed by atoms with Crippen LogP contribution in [-0.2, 0) is 15.6 Å². The lowest BCUT2D eigenvalue weighted by Crippen LogP contribution is -2.40. The molecule has 0 saturated carbocycles. The molecule has 1 aromatic rings. The lowest BCUT2D eigenvalue weighted by molar-refractivity contribution is 0.434. The van der Waals surface area contributed by atoms with Gasteiger partial charge in [0.25, 0.3) is 0 Å². The maximum atomic E-state index is 12.3. The average molecular weight is 283 g/mol. The molecular formula is C15H25NO2S. The van der Waals surface area contributed by atoms with Gasteiger partial charge in [0.1, 0.15) is 0 Å². The van der Waals surface area contributed by atoms with Gasteiger partial charge in [-0.05, 0) is 24.9 Å². The largest absolute Gasteiger partial charge is 0.313 e. The number of rotatable bonds is 7. The third kappa shape index (κ3) is 5.74. The molecule has 1 unspecified atom stereocenters. The zero-order valence-corrected chi connectivity index (χ0v) is 13.1. The van der Waals surface area contributed by atoms with E-state index in [9.17, 15) is 8.42 Å². The highest BCUT2D eigenvalue weighted by atomic mass is 32.2. The minimum Gasteiger partial charge on any atom is -0.313 e. The molecule has 0 fully saturated rings. The predicted molar refractivity (Wildman–Crippen MR) is 81.0 cm³/mol. The van der Waals surface area contributed by atoms with Gasteiger partial charge in [-0.3, -0.25) is 0 Å². The second-order valence-corrected chi connectivity index (χ2v) is 7.56. The van der Waals surface area contributed by atoms with Crippen molar-refractivity contribution in [3.05, 3.63) is 35.4 Å². The molecule has 4 heteroatoms. The van der Waals surface area contributed by atoms with Crippen LogP contribution in [0.1, 0.15) is 31.9 Å². The van der Waals surface area contributed by atoms with Crippen LogP contribution < -0.4 is 5.32 Å². The average Bonchev–Trinajstić information content (AvgIpc) is 2.27. The zero-order valence-electron chi connectivity index (χ0n) is 12.3. The Morgan fingerprint density at radius 3 is 2.47 bits per heavy atom. The van der Waals surface area contributed by atoms with E-state index in [1.54, 1.807) is 0 Å². The Morgan fingerprint density at radius 1 is 1.26 bits per heavy atom. The molecule has 1 atom stereocenters. The molecule has 108 valence electrons. The summed E-state index contributed by atoms with van der Waals surface area (Å²) in [5.74, 6) is 0.641. The molecule has 19 heavy (non-hydrogen) atoms. The molecule has 1 rings (SSSR count). The number of hydrogen-bond acceptors (Lipinski definition) is 3. The topological polar surface area (TPSA) is 46.2 Å². The Labute approximate surface area is 117 Å². The highest BCUT2D eigenvalue weighted by Gasteiger charge is 2.21. The number of benzene rings is 1. The molecule has 0 aliphatic rings. The molecular weight excluding hydrogens is 258 g/mol. The Morgan fingerprint density at radius 2 is 1.95 bits per heavy atom. The van der Waals surface area contributed by atoms with E-state index in [4.69, 9.17) is 0 Å². The fourth-order valence-electron chi connectivity index (χ4n) is 2.14. The van der Waals surface area contributed by atoms with E-state index in [-0.39, 0.29) is 17.5 Å².